The van der Waals surface area contributed by atoms with Gasteiger partial charge in [-0.25, -0.2) is 9.07 Å². The van der Waals surface area contributed by atoms with E-state index in [1.165, 1.54) is 54.3 Å². The number of amides is 1. The van der Waals surface area contributed by atoms with Crippen LogP contribution < -0.4 is 16.0 Å². The molecule has 9 nitrogen and oxygen atoms in total. The normalized spacial score (nSPS) is 12.3. The molecule has 0 aliphatic rings. The monoisotopic (exact) mass is 605 g/mol. The van der Waals surface area contributed by atoms with Crippen LogP contribution in [-0.4, -0.2) is 38.4 Å². The molecule has 220 valence electrons. The highest BCUT2D eigenvalue weighted by Gasteiger charge is 2.35. The number of methoxy groups -OCH3 is 1. The van der Waals surface area contributed by atoms with Gasteiger partial charge in [-0.1, -0.05) is 36.2 Å². The molecule has 0 fully saturated rings. The number of ketones is 1. The van der Waals surface area contributed by atoms with Crippen LogP contribution in [0.1, 0.15) is 47.4 Å². The van der Waals surface area contributed by atoms with Gasteiger partial charge in [-0.05, 0) is 42.3 Å². The van der Waals surface area contributed by atoms with Crippen molar-refractivity contribution in [3.63, 3.8) is 0 Å². The Bertz CT molecular complexity index is 1720. The lowest BCUT2D eigenvalue weighted by molar-refractivity contribution is -0.141. The number of alkyl halides is 3. The summed E-state index contributed by atoms with van der Waals surface area (Å²) in [6, 6.07) is 8.18. The Hall–Kier alpha value is -4.52. The number of pyridine rings is 1. The lowest BCUT2D eigenvalue weighted by Gasteiger charge is -2.21. The summed E-state index contributed by atoms with van der Waals surface area (Å²) in [5, 5.41) is 7.00. The number of ether oxygens (including phenoxy) is 1. The number of benzene rings is 2. The topological polar surface area (TPSA) is 122 Å². The van der Waals surface area contributed by atoms with Crippen molar-refractivity contribution in [2.24, 2.45) is 5.73 Å². The standard InChI is InChI=1S/C28H24ClF4N5O4/c1-3-4-22(23(39)10-15-5-7-17(27(34)41)20(30)9-15)37-13-24(42-2)19(12-26(37)40)18-11-16(29)6-8-21(18)38-14-25(35-36-38)28(31,32)33/h5-9,11-14,22H,3-4,10H2,1-2H3,(H2,34,41)/t22-/m0/s1. The summed E-state index contributed by atoms with van der Waals surface area (Å²) < 4.78 is 61.4. The summed E-state index contributed by atoms with van der Waals surface area (Å²) in [6.07, 6.45) is -2.13. The van der Waals surface area contributed by atoms with Gasteiger partial charge in [0, 0.05) is 28.6 Å². The van der Waals surface area contributed by atoms with E-state index in [4.69, 9.17) is 22.1 Å². The summed E-state index contributed by atoms with van der Waals surface area (Å²) in [4.78, 5) is 38.1. The molecule has 2 N–H and O–H groups in total. The Kier molecular flexibility index (Phi) is 8.81. The molecular formula is C28H24ClF4N5O4. The third-order valence-electron chi connectivity index (χ3n) is 6.49. The van der Waals surface area contributed by atoms with Crippen molar-refractivity contribution in [1.82, 2.24) is 19.6 Å². The minimum atomic E-state index is -4.72. The number of Topliss-reactive ketones (excluding diaryl/α,β-unsaturated/α-hetero) is 1. The predicted molar refractivity (Wildman–Crippen MR) is 145 cm³/mol. The molecule has 0 radical (unpaired) electrons. The number of aromatic nitrogens is 4. The van der Waals surface area contributed by atoms with Crippen molar-refractivity contribution in [3.8, 4) is 22.6 Å². The lowest BCUT2D eigenvalue weighted by atomic mass is 9.98. The molecule has 2 heterocycles. The van der Waals surface area contributed by atoms with E-state index < -0.39 is 41.0 Å². The Balaban J connectivity index is 1.76. The first kappa shape index (κ1) is 30.4. The number of carbonyl (C=O) groups is 2. The SMILES string of the molecule is CCC[C@@H](C(=O)Cc1ccc(C(N)=O)c(F)c1)n1cc(OC)c(-c2cc(Cl)ccc2-n2cc(C(F)(F)F)nn2)cc1=O. The van der Waals surface area contributed by atoms with Crippen molar-refractivity contribution >= 4 is 23.3 Å². The Morgan fingerprint density at radius 3 is 2.43 bits per heavy atom. The molecule has 4 aromatic rings. The molecule has 0 bridgehead atoms. The van der Waals surface area contributed by atoms with Crippen LogP contribution in [-0.2, 0) is 17.4 Å². The molecule has 0 aliphatic heterocycles. The molecule has 2 aromatic heterocycles. The molecule has 0 unspecified atom stereocenters. The predicted octanol–water partition coefficient (Wildman–Crippen LogP) is 5.17. The van der Waals surface area contributed by atoms with Crippen LogP contribution in [0.25, 0.3) is 16.8 Å². The number of halogens is 5. The average molecular weight is 606 g/mol. The Morgan fingerprint density at radius 2 is 1.83 bits per heavy atom. The molecular weight excluding hydrogens is 582 g/mol. The van der Waals surface area contributed by atoms with E-state index in [1.807, 2.05) is 6.92 Å². The minimum Gasteiger partial charge on any atom is -0.495 e. The highest BCUT2D eigenvalue weighted by Crippen LogP contribution is 2.36. The number of rotatable bonds is 10. The van der Waals surface area contributed by atoms with Gasteiger partial charge >= 0.3 is 6.18 Å². The van der Waals surface area contributed by atoms with Crippen LogP contribution in [0.4, 0.5) is 17.6 Å². The molecule has 1 amide bonds. The molecule has 2 aromatic carbocycles. The first-order valence-electron chi connectivity index (χ1n) is 12.5. The summed E-state index contributed by atoms with van der Waals surface area (Å²) >= 11 is 6.20. The highest BCUT2D eigenvalue weighted by atomic mass is 35.5. The van der Waals surface area contributed by atoms with E-state index in [0.29, 0.717) is 12.6 Å². The second-order valence-corrected chi connectivity index (χ2v) is 9.77. The van der Waals surface area contributed by atoms with Crippen LogP contribution in [0.15, 0.2) is 59.7 Å². The first-order valence-corrected chi connectivity index (χ1v) is 12.9. The lowest BCUT2D eigenvalue weighted by Crippen LogP contribution is -2.30. The third-order valence-corrected chi connectivity index (χ3v) is 6.73. The van der Waals surface area contributed by atoms with E-state index in [9.17, 15) is 31.9 Å². The van der Waals surface area contributed by atoms with E-state index in [1.54, 1.807) is 0 Å². The third kappa shape index (κ3) is 6.35. The molecule has 1 atom stereocenters. The fraction of sp³-hybridized carbons (Fsp3) is 0.250. The van der Waals surface area contributed by atoms with Gasteiger partial charge in [0.1, 0.15) is 11.6 Å². The number of carbonyl (C=O) groups excluding carboxylic acids is 2. The Labute approximate surface area is 241 Å². The quantitative estimate of drug-likeness (QED) is 0.249. The van der Waals surface area contributed by atoms with Crippen molar-refractivity contribution in [2.75, 3.05) is 7.11 Å². The van der Waals surface area contributed by atoms with Gasteiger partial charge in [0.2, 0.25) is 0 Å². The minimum absolute atomic E-state index is 0.125. The maximum atomic E-state index is 14.3. The molecule has 0 spiro atoms. The number of nitrogens with two attached hydrogens (primary N) is 1. The van der Waals surface area contributed by atoms with Crippen LogP contribution in [0.5, 0.6) is 5.75 Å². The van der Waals surface area contributed by atoms with Crippen LogP contribution >= 0.6 is 11.6 Å². The second-order valence-electron chi connectivity index (χ2n) is 9.33. The van der Waals surface area contributed by atoms with Crippen LogP contribution in [0.2, 0.25) is 5.02 Å². The van der Waals surface area contributed by atoms with E-state index in [0.717, 1.165) is 10.7 Å². The number of nitrogens with zero attached hydrogens (tertiary/aromatic N) is 4. The van der Waals surface area contributed by atoms with Crippen molar-refractivity contribution in [1.29, 1.82) is 0 Å². The molecule has 42 heavy (non-hydrogen) atoms. The van der Waals surface area contributed by atoms with Gasteiger partial charge in [0.25, 0.3) is 11.5 Å². The number of hydrogen-bond donors (Lipinski definition) is 1. The number of primary amides is 1. The smallest absolute Gasteiger partial charge is 0.436 e. The van der Waals surface area contributed by atoms with Gasteiger partial charge in [0.15, 0.2) is 11.5 Å². The van der Waals surface area contributed by atoms with Crippen LogP contribution in [0.3, 0.4) is 0 Å². The Morgan fingerprint density at radius 1 is 1.10 bits per heavy atom. The molecule has 0 saturated carbocycles. The van der Waals surface area contributed by atoms with Gasteiger partial charge in [-0.3, -0.25) is 14.4 Å². The van der Waals surface area contributed by atoms with Gasteiger partial charge < -0.3 is 15.0 Å². The molecule has 0 saturated heterocycles. The molecule has 4 rings (SSSR count). The molecule has 14 heteroatoms. The maximum absolute atomic E-state index is 14.3. The van der Waals surface area contributed by atoms with E-state index in [-0.39, 0.29) is 51.6 Å². The average Bonchev–Trinajstić information content (AvgIpc) is 3.42. The van der Waals surface area contributed by atoms with E-state index >= 15 is 0 Å². The summed E-state index contributed by atoms with van der Waals surface area (Å²) in [5.41, 5.74) is 3.85. The van der Waals surface area contributed by atoms with E-state index in [2.05, 4.69) is 10.3 Å². The zero-order valence-electron chi connectivity index (χ0n) is 22.3. The summed E-state index contributed by atoms with van der Waals surface area (Å²) in [6.45, 7) is 1.82. The van der Waals surface area contributed by atoms with Gasteiger partial charge in [-0.2, -0.15) is 13.2 Å². The number of hydrogen-bond acceptors (Lipinski definition) is 6. The van der Waals surface area contributed by atoms with Crippen molar-refractivity contribution in [2.45, 2.75) is 38.4 Å². The largest absolute Gasteiger partial charge is 0.495 e. The van der Waals surface area contributed by atoms with Gasteiger partial charge in [0.05, 0.1) is 36.8 Å². The summed E-state index contributed by atoms with van der Waals surface area (Å²) in [7, 11) is 1.33. The molecule has 0 aliphatic carbocycles. The van der Waals surface area contributed by atoms with Gasteiger partial charge in [-0.15, -0.1) is 5.10 Å². The highest BCUT2D eigenvalue weighted by molar-refractivity contribution is 6.31. The first-order chi connectivity index (χ1) is 19.8. The fourth-order valence-electron chi connectivity index (χ4n) is 4.50. The maximum Gasteiger partial charge on any atom is 0.436 e. The fourth-order valence-corrected chi connectivity index (χ4v) is 4.67. The van der Waals surface area contributed by atoms with Crippen molar-refractivity contribution < 1.29 is 31.9 Å². The van der Waals surface area contributed by atoms with Crippen molar-refractivity contribution in [3.05, 3.63) is 92.9 Å². The van der Waals surface area contributed by atoms with Crippen LogP contribution in [0, 0.1) is 5.82 Å². The second kappa shape index (κ2) is 12.1. The summed E-state index contributed by atoms with van der Waals surface area (Å²) in [5.74, 6) is -2.08. The zero-order chi connectivity index (χ0) is 30.8. The zero-order valence-corrected chi connectivity index (χ0v) is 23.0.